The van der Waals surface area contributed by atoms with E-state index in [1.807, 2.05) is 6.07 Å². The third-order valence-electron chi connectivity index (χ3n) is 3.51. The maximum absolute atomic E-state index is 6.04. The van der Waals surface area contributed by atoms with Gasteiger partial charge in [-0.25, -0.2) is 0 Å². The van der Waals surface area contributed by atoms with Gasteiger partial charge in [-0.1, -0.05) is 34.8 Å². The Morgan fingerprint density at radius 3 is 2.74 bits per heavy atom. The topological polar surface area (TPSA) is 64.9 Å². The van der Waals surface area contributed by atoms with Crippen molar-refractivity contribution in [2.24, 2.45) is 5.73 Å². The summed E-state index contributed by atoms with van der Waals surface area (Å²) >= 11 is 11.9. The highest BCUT2D eigenvalue weighted by molar-refractivity contribution is 6.42. The van der Waals surface area contributed by atoms with Crippen molar-refractivity contribution in [3.05, 3.63) is 34.1 Å². The predicted octanol–water partition coefficient (Wildman–Crippen LogP) is 3.64. The van der Waals surface area contributed by atoms with Gasteiger partial charge in [0.15, 0.2) is 0 Å². The number of hydrogen-bond donors (Lipinski definition) is 1. The third-order valence-corrected chi connectivity index (χ3v) is 4.25. The lowest BCUT2D eigenvalue weighted by molar-refractivity contribution is 0.345. The summed E-state index contributed by atoms with van der Waals surface area (Å²) in [6.07, 6.45) is 3.12. The van der Waals surface area contributed by atoms with Gasteiger partial charge >= 0.3 is 0 Å². The lowest BCUT2D eigenvalue weighted by Gasteiger charge is -2.08. The monoisotopic (exact) mass is 297 g/mol. The van der Waals surface area contributed by atoms with Gasteiger partial charge in [0.05, 0.1) is 16.0 Å². The zero-order valence-corrected chi connectivity index (χ0v) is 11.7. The van der Waals surface area contributed by atoms with E-state index in [9.17, 15) is 0 Å². The molecule has 0 saturated heterocycles. The molecule has 0 bridgehead atoms. The Kier molecular flexibility index (Phi) is 3.48. The van der Waals surface area contributed by atoms with Gasteiger partial charge in [-0.15, -0.1) is 0 Å². The van der Waals surface area contributed by atoms with Gasteiger partial charge in [0.2, 0.25) is 11.7 Å². The molecule has 1 aromatic heterocycles. The van der Waals surface area contributed by atoms with E-state index in [0.717, 1.165) is 24.8 Å². The Morgan fingerprint density at radius 1 is 1.21 bits per heavy atom. The molecular formula is C13H13Cl2N3O. The number of halogens is 2. The van der Waals surface area contributed by atoms with Crippen LogP contribution in [0.3, 0.4) is 0 Å². The van der Waals surface area contributed by atoms with E-state index in [-0.39, 0.29) is 12.0 Å². The minimum Gasteiger partial charge on any atom is -0.339 e. The molecule has 1 aliphatic carbocycles. The van der Waals surface area contributed by atoms with Crippen molar-refractivity contribution < 1.29 is 4.52 Å². The van der Waals surface area contributed by atoms with Gasteiger partial charge in [-0.2, -0.15) is 4.98 Å². The average molecular weight is 298 g/mol. The molecule has 2 unspecified atom stereocenters. The van der Waals surface area contributed by atoms with Gasteiger partial charge in [-0.3, -0.25) is 0 Å². The first kappa shape index (κ1) is 12.9. The fraction of sp³-hybridized carbons (Fsp3) is 0.385. The Hall–Kier alpha value is -1.10. The van der Waals surface area contributed by atoms with E-state index in [0.29, 0.717) is 21.8 Å². The van der Waals surface area contributed by atoms with E-state index in [1.54, 1.807) is 12.1 Å². The molecule has 0 amide bonds. The molecule has 2 atom stereocenters. The van der Waals surface area contributed by atoms with Gasteiger partial charge in [0.25, 0.3) is 0 Å². The van der Waals surface area contributed by atoms with Crippen LogP contribution in [-0.2, 0) is 0 Å². The highest BCUT2D eigenvalue weighted by atomic mass is 35.5. The average Bonchev–Trinajstić information content (AvgIpc) is 3.01. The minimum absolute atomic E-state index is 0.113. The number of benzene rings is 1. The molecule has 0 radical (unpaired) electrons. The number of aromatic nitrogens is 2. The summed E-state index contributed by atoms with van der Waals surface area (Å²) in [4.78, 5) is 4.42. The van der Waals surface area contributed by atoms with Crippen LogP contribution >= 0.6 is 23.2 Å². The van der Waals surface area contributed by atoms with Crippen LogP contribution in [0.1, 0.15) is 31.1 Å². The standard InChI is InChI=1S/C13H13Cl2N3O/c14-9-5-4-7(6-10(9)15)12-17-13(19-18-12)8-2-1-3-11(8)16/h4-6,8,11H,1-3,16H2. The van der Waals surface area contributed by atoms with Crippen molar-refractivity contribution in [1.29, 1.82) is 0 Å². The van der Waals surface area contributed by atoms with Crippen LogP contribution < -0.4 is 5.73 Å². The number of rotatable bonds is 2. The Bertz CT molecular complexity index is 599. The normalized spacial score (nSPS) is 22.9. The Balaban J connectivity index is 1.90. The molecule has 1 aliphatic rings. The van der Waals surface area contributed by atoms with Crippen LogP contribution in [0.2, 0.25) is 10.0 Å². The Morgan fingerprint density at radius 2 is 2.05 bits per heavy atom. The molecule has 4 nitrogen and oxygen atoms in total. The second kappa shape index (κ2) is 5.12. The minimum atomic E-state index is 0.113. The predicted molar refractivity (Wildman–Crippen MR) is 74.3 cm³/mol. The zero-order valence-electron chi connectivity index (χ0n) is 10.1. The highest BCUT2D eigenvalue weighted by Crippen LogP contribution is 2.34. The molecule has 0 spiro atoms. The first-order valence-corrected chi connectivity index (χ1v) is 6.95. The second-order valence-electron chi connectivity index (χ2n) is 4.79. The van der Waals surface area contributed by atoms with E-state index in [1.165, 1.54) is 0 Å². The summed E-state index contributed by atoms with van der Waals surface area (Å²) in [5.41, 5.74) is 6.82. The summed E-state index contributed by atoms with van der Waals surface area (Å²) in [5, 5.41) is 4.97. The smallest absolute Gasteiger partial charge is 0.231 e. The van der Waals surface area contributed by atoms with Crippen LogP contribution in [0.15, 0.2) is 22.7 Å². The number of nitrogens with zero attached hydrogens (tertiary/aromatic N) is 2. The fourth-order valence-corrected chi connectivity index (χ4v) is 2.73. The van der Waals surface area contributed by atoms with Gasteiger partial charge in [-0.05, 0) is 31.0 Å². The van der Waals surface area contributed by atoms with Crippen molar-refractivity contribution in [2.45, 2.75) is 31.2 Å². The maximum atomic E-state index is 6.04. The first-order valence-electron chi connectivity index (χ1n) is 6.20. The van der Waals surface area contributed by atoms with Gasteiger partial charge in [0, 0.05) is 11.6 Å². The summed E-state index contributed by atoms with van der Waals surface area (Å²) in [6, 6.07) is 5.38. The summed E-state index contributed by atoms with van der Waals surface area (Å²) in [7, 11) is 0. The maximum Gasteiger partial charge on any atom is 0.231 e. The number of nitrogens with two attached hydrogens (primary N) is 1. The molecule has 100 valence electrons. The van der Waals surface area contributed by atoms with E-state index < -0.39 is 0 Å². The molecule has 1 fully saturated rings. The fourth-order valence-electron chi connectivity index (χ4n) is 2.43. The molecule has 2 N–H and O–H groups in total. The molecular weight excluding hydrogens is 285 g/mol. The number of hydrogen-bond acceptors (Lipinski definition) is 4. The third kappa shape index (κ3) is 2.48. The molecule has 1 saturated carbocycles. The van der Waals surface area contributed by atoms with Crippen molar-refractivity contribution in [1.82, 2.24) is 10.1 Å². The largest absolute Gasteiger partial charge is 0.339 e. The SMILES string of the molecule is NC1CCCC1c1nc(-c2ccc(Cl)c(Cl)c2)no1. The summed E-state index contributed by atoms with van der Waals surface area (Å²) < 4.78 is 5.33. The van der Waals surface area contributed by atoms with E-state index in [2.05, 4.69) is 10.1 Å². The molecule has 0 aliphatic heterocycles. The molecule has 1 aromatic carbocycles. The van der Waals surface area contributed by atoms with Gasteiger partial charge < -0.3 is 10.3 Å². The van der Waals surface area contributed by atoms with Crippen LogP contribution in [0.25, 0.3) is 11.4 Å². The van der Waals surface area contributed by atoms with Crippen molar-refractivity contribution in [3.63, 3.8) is 0 Å². The lowest BCUT2D eigenvalue weighted by atomic mass is 10.1. The Labute approximate surface area is 120 Å². The summed E-state index contributed by atoms with van der Waals surface area (Å²) in [6.45, 7) is 0. The van der Waals surface area contributed by atoms with Crippen LogP contribution in [0, 0.1) is 0 Å². The molecule has 1 heterocycles. The quantitative estimate of drug-likeness (QED) is 0.919. The van der Waals surface area contributed by atoms with Crippen molar-refractivity contribution in [3.8, 4) is 11.4 Å². The van der Waals surface area contributed by atoms with Crippen LogP contribution in [-0.4, -0.2) is 16.2 Å². The van der Waals surface area contributed by atoms with Crippen LogP contribution in [0.5, 0.6) is 0 Å². The van der Waals surface area contributed by atoms with E-state index >= 15 is 0 Å². The molecule has 2 aromatic rings. The first-order chi connectivity index (χ1) is 9.15. The second-order valence-corrected chi connectivity index (χ2v) is 5.60. The molecule has 6 heteroatoms. The molecule has 3 rings (SSSR count). The van der Waals surface area contributed by atoms with E-state index in [4.69, 9.17) is 33.5 Å². The highest BCUT2D eigenvalue weighted by Gasteiger charge is 2.30. The van der Waals surface area contributed by atoms with Crippen LogP contribution in [0.4, 0.5) is 0 Å². The molecule has 19 heavy (non-hydrogen) atoms. The van der Waals surface area contributed by atoms with Crippen molar-refractivity contribution in [2.75, 3.05) is 0 Å². The zero-order chi connectivity index (χ0) is 13.4. The van der Waals surface area contributed by atoms with Gasteiger partial charge in [0.1, 0.15) is 0 Å². The lowest BCUT2D eigenvalue weighted by Crippen LogP contribution is -2.22. The summed E-state index contributed by atoms with van der Waals surface area (Å²) in [5.74, 6) is 1.31. The van der Waals surface area contributed by atoms with Crippen molar-refractivity contribution >= 4 is 23.2 Å².